The Morgan fingerprint density at radius 1 is 1.35 bits per heavy atom. The first-order valence-electron chi connectivity index (χ1n) is 7.39. The maximum absolute atomic E-state index is 7.45. The molecule has 0 aliphatic heterocycles. The number of nitrogens with one attached hydrogen (secondary N) is 1. The Balaban J connectivity index is 2.09. The summed E-state index contributed by atoms with van der Waals surface area (Å²) in [6.07, 6.45) is 6.40. The summed E-state index contributed by atoms with van der Waals surface area (Å²) in [5, 5.41) is 8.13. The van der Waals surface area contributed by atoms with Crippen LogP contribution in [0.1, 0.15) is 44.6 Å². The first-order valence-corrected chi connectivity index (χ1v) is 7.77. The Hall–Kier alpha value is -1.22. The molecule has 1 saturated carbocycles. The Labute approximate surface area is 126 Å². The first-order chi connectivity index (χ1) is 9.52. The highest BCUT2D eigenvalue weighted by Crippen LogP contribution is 2.34. The van der Waals surface area contributed by atoms with Gasteiger partial charge in [-0.3, -0.25) is 5.41 Å². The molecular formula is C16H24ClN3. The van der Waals surface area contributed by atoms with Crippen LogP contribution in [0.5, 0.6) is 0 Å². The molecule has 0 atom stereocenters. The number of hydrogen-bond acceptors (Lipinski definition) is 2. The van der Waals surface area contributed by atoms with Crippen molar-refractivity contribution in [3.8, 4) is 0 Å². The van der Waals surface area contributed by atoms with Crippen LogP contribution in [0.2, 0.25) is 5.02 Å². The molecule has 0 bridgehead atoms. The maximum Gasteiger partial charge on any atom is 0.122 e. The lowest BCUT2D eigenvalue weighted by Crippen LogP contribution is -2.35. The van der Waals surface area contributed by atoms with Crippen molar-refractivity contribution in [3.63, 3.8) is 0 Å². The van der Waals surface area contributed by atoms with Gasteiger partial charge in [-0.15, -0.1) is 0 Å². The van der Waals surface area contributed by atoms with E-state index in [0.29, 0.717) is 16.6 Å². The molecule has 1 aliphatic carbocycles. The summed E-state index contributed by atoms with van der Waals surface area (Å²) in [6.45, 7) is 2.28. The lowest BCUT2D eigenvalue weighted by Gasteiger charge is -2.36. The molecule has 0 spiro atoms. The summed E-state index contributed by atoms with van der Waals surface area (Å²) in [5.74, 6) is 0.958. The highest BCUT2D eigenvalue weighted by atomic mass is 35.5. The lowest BCUT2D eigenvalue weighted by atomic mass is 9.84. The van der Waals surface area contributed by atoms with Gasteiger partial charge in [-0.2, -0.15) is 0 Å². The zero-order valence-electron chi connectivity index (χ0n) is 12.3. The zero-order valence-corrected chi connectivity index (χ0v) is 13.1. The molecule has 1 aromatic rings. The van der Waals surface area contributed by atoms with E-state index in [9.17, 15) is 0 Å². The largest absolute Gasteiger partial charge is 0.384 e. The van der Waals surface area contributed by atoms with Crippen LogP contribution in [-0.4, -0.2) is 18.9 Å². The number of rotatable bonds is 4. The fourth-order valence-corrected chi connectivity index (χ4v) is 3.41. The Morgan fingerprint density at radius 2 is 2.00 bits per heavy atom. The first kappa shape index (κ1) is 15.2. The SMILES string of the molecule is CCC1CCC(N(C)c2ccc(C(=N)N)cc2Cl)CC1. The third-order valence-corrected chi connectivity index (χ3v) is 4.88. The van der Waals surface area contributed by atoms with Crippen LogP contribution in [0.4, 0.5) is 5.69 Å². The van der Waals surface area contributed by atoms with E-state index < -0.39 is 0 Å². The Bertz CT molecular complexity index is 479. The van der Waals surface area contributed by atoms with Gasteiger partial charge in [-0.1, -0.05) is 24.9 Å². The number of hydrogen-bond donors (Lipinski definition) is 2. The van der Waals surface area contributed by atoms with Crippen LogP contribution >= 0.6 is 11.6 Å². The summed E-state index contributed by atoms with van der Waals surface area (Å²) in [4.78, 5) is 2.29. The van der Waals surface area contributed by atoms with Gasteiger partial charge in [0.25, 0.3) is 0 Å². The molecule has 0 radical (unpaired) electrons. The van der Waals surface area contributed by atoms with E-state index in [1.165, 1.54) is 32.1 Å². The predicted octanol–water partition coefficient (Wildman–Crippen LogP) is 4.03. The van der Waals surface area contributed by atoms with Crippen LogP contribution < -0.4 is 10.6 Å². The summed E-state index contributed by atoms with van der Waals surface area (Å²) < 4.78 is 0. The normalized spacial score (nSPS) is 22.6. The summed E-state index contributed by atoms with van der Waals surface area (Å²) in [7, 11) is 2.12. The molecule has 1 aromatic carbocycles. The van der Waals surface area contributed by atoms with Crippen molar-refractivity contribution < 1.29 is 0 Å². The number of anilines is 1. The van der Waals surface area contributed by atoms with Crippen molar-refractivity contribution in [2.45, 2.75) is 45.1 Å². The second-order valence-corrected chi connectivity index (χ2v) is 6.18. The minimum Gasteiger partial charge on any atom is -0.384 e. The summed E-state index contributed by atoms with van der Waals surface area (Å²) >= 11 is 6.35. The van der Waals surface area contributed by atoms with E-state index in [1.807, 2.05) is 12.1 Å². The molecule has 0 saturated heterocycles. The number of halogens is 1. The molecule has 2 rings (SSSR count). The van der Waals surface area contributed by atoms with E-state index in [-0.39, 0.29) is 5.84 Å². The van der Waals surface area contributed by atoms with Crippen molar-refractivity contribution in [3.05, 3.63) is 28.8 Å². The third-order valence-electron chi connectivity index (χ3n) is 4.58. The average Bonchev–Trinajstić information content (AvgIpc) is 2.46. The Morgan fingerprint density at radius 3 is 2.50 bits per heavy atom. The van der Waals surface area contributed by atoms with Gasteiger partial charge in [-0.25, -0.2) is 0 Å². The van der Waals surface area contributed by atoms with Crippen LogP contribution in [-0.2, 0) is 0 Å². The molecule has 3 nitrogen and oxygen atoms in total. The third kappa shape index (κ3) is 3.26. The second kappa shape index (κ2) is 6.49. The molecule has 1 fully saturated rings. The van der Waals surface area contributed by atoms with Crippen molar-refractivity contribution in [1.82, 2.24) is 0 Å². The van der Waals surface area contributed by atoms with E-state index in [0.717, 1.165) is 11.6 Å². The fraction of sp³-hybridized carbons (Fsp3) is 0.562. The highest BCUT2D eigenvalue weighted by molar-refractivity contribution is 6.33. The number of nitrogens with zero attached hydrogens (tertiary/aromatic N) is 1. The summed E-state index contributed by atoms with van der Waals surface area (Å²) in [6, 6.07) is 6.20. The molecule has 110 valence electrons. The molecule has 0 heterocycles. The van der Waals surface area contributed by atoms with Gasteiger partial charge in [0.05, 0.1) is 10.7 Å². The van der Waals surface area contributed by atoms with Crippen molar-refractivity contribution in [2.24, 2.45) is 11.7 Å². The zero-order chi connectivity index (χ0) is 14.7. The maximum atomic E-state index is 7.45. The molecule has 1 aliphatic rings. The topological polar surface area (TPSA) is 53.1 Å². The smallest absolute Gasteiger partial charge is 0.122 e. The Kier molecular flexibility index (Phi) is 4.92. The van der Waals surface area contributed by atoms with E-state index in [1.54, 1.807) is 6.07 Å². The van der Waals surface area contributed by atoms with Gasteiger partial charge in [0.1, 0.15) is 5.84 Å². The van der Waals surface area contributed by atoms with Crippen LogP contribution in [0.25, 0.3) is 0 Å². The number of benzene rings is 1. The standard InChI is InChI=1S/C16H24ClN3/c1-3-11-4-7-13(8-5-11)20(2)15-9-6-12(16(18)19)10-14(15)17/h6,9-11,13H,3-5,7-8H2,1-2H3,(H3,18,19). The monoisotopic (exact) mass is 293 g/mol. The fourth-order valence-electron chi connectivity index (χ4n) is 3.10. The molecule has 3 N–H and O–H groups in total. The molecular weight excluding hydrogens is 270 g/mol. The molecule has 0 aromatic heterocycles. The van der Waals surface area contributed by atoms with E-state index >= 15 is 0 Å². The van der Waals surface area contributed by atoms with E-state index in [4.69, 9.17) is 22.7 Å². The van der Waals surface area contributed by atoms with Gasteiger partial charge in [0.2, 0.25) is 0 Å². The van der Waals surface area contributed by atoms with Crippen LogP contribution in [0, 0.1) is 11.3 Å². The van der Waals surface area contributed by atoms with Crippen LogP contribution in [0.15, 0.2) is 18.2 Å². The van der Waals surface area contributed by atoms with E-state index in [2.05, 4.69) is 18.9 Å². The molecule has 0 unspecified atom stereocenters. The van der Waals surface area contributed by atoms with Crippen molar-refractivity contribution in [1.29, 1.82) is 5.41 Å². The minimum atomic E-state index is 0.0598. The van der Waals surface area contributed by atoms with Gasteiger partial charge in [0, 0.05) is 18.7 Å². The van der Waals surface area contributed by atoms with Gasteiger partial charge < -0.3 is 10.6 Å². The van der Waals surface area contributed by atoms with Gasteiger partial charge in [0.15, 0.2) is 0 Å². The lowest BCUT2D eigenvalue weighted by molar-refractivity contribution is 0.313. The highest BCUT2D eigenvalue weighted by Gasteiger charge is 2.24. The number of amidine groups is 1. The molecule has 20 heavy (non-hydrogen) atoms. The number of nitrogens with two attached hydrogens (primary N) is 1. The van der Waals surface area contributed by atoms with Crippen LogP contribution in [0.3, 0.4) is 0 Å². The van der Waals surface area contributed by atoms with Crippen molar-refractivity contribution >= 4 is 23.1 Å². The molecule has 4 heteroatoms. The second-order valence-electron chi connectivity index (χ2n) is 5.77. The predicted molar refractivity (Wildman–Crippen MR) is 86.9 cm³/mol. The van der Waals surface area contributed by atoms with Crippen molar-refractivity contribution in [2.75, 3.05) is 11.9 Å². The number of nitrogen functional groups attached to an aromatic ring is 1. The average molecular weight is 294 g/mol. The molecule has 0 amide bonds. The minimum absolute atomic E-state index is 0.0598. The van der Waals surface area contributed by atoms with Gasteiger partial charge >= 0.3 is 0 Å². The van der Waals surface area contributed by atoms with Gasteiger partial charge in [-0.05, 0) is 49.8 Å². The quantitative estimate of drug-likeness (QED) is 0.650. The summed E-state index contributed by atoms with van der Waals surface area (Å²) in [5.41, 5.74) is 7.21.